The van der Waals surface area contributed by atoms with Gasteiger partial charge < -0.3 is 0 Å². The van der Waals surface area contributed by atoms with Crippen LogP contribution in [-0.2, 0) is 0 Å². The van der Waals surface area contributed by atoms with Crippen molar-refractivity contribution in [2.45, 2.75) is 0 Å². The molecule has 5 heteroatoms. The summed E-state index contributed by atoms with van der Waals surface area (Å²) >= 11 is 2.97. The molecule has 0 unspecified atom stereocenters. The molecule has 1 aromatic heterocycles. The molecule has 0 aromatic carbocycles. The monoisotopic (exact) mass is 149 g/mol. The van der Waals surface area contributed by atoms with Crippen LogP contribution in [0.3, 0.4) is 0 Å². The molecule has 1 aromatic rings. The third-order valence-electron chi connectivity index (χ3n) is 0.351. The molecule has 0 saturated carbocycles. The van der Waals surface area contributed by atoms with Gasteiger partial charge in [0.15, 0.2) is 0 Å². The first-order valence-electron chi connectivity index (χ1n) is 1.33. The van der Waals surface area contributed by atoms with Crippen LogP contribution in [0.25, 0.3) is 0 Å². The van der Waals surface area contributed by atoms with Gasteiger partial charge in [0.25, 0.3) is 6.33 Å². The van der Waals surface area contributed by atoms with E-state index in [9.17, 15) is 0 Å². The molecule has 1 rings (SSSR count). The van der Waals surface area contributed by atoms with Crippen LogP contribution in [-0.4, -0.2) is 15.4 Å². The van der Waals surface area contributed by atoms with Crippen LogP contribution < -0.4 is 3.82 Å². The summed E-state index contributed by atoms with van der Waals surface area (Å²) in [6.07, 6.45) is 1.40. The number of nitrogens with one attached hydrogen (secondary N) is 1. The van der Waals surface area contributed by atoms with E-state index < -0.39 is 0 Å². The van der Waals surface area contributed by atoms with Gasteiger partial charge >= 0.3 is 0 Å². The van der Waals surface area contributed by atoms with Crippen molar-refractivity contribution in [1.29, 1.82) is 0 Å². The van der Waals surface area contributed by atoms with Crippen LogP contribution >= 0.6 is 16.1 Å². The number of aromatic amines is 1. The summed E-state index contributed by atoms with van der Waals surface area (Å²) in [5.41, 5.74) is 0. The molecule has 0 atom stereocenters. The largest absolute Gasteiger partial charge is 0.297 e. The lowest BCUT2D eigenvalue weighted by atomic mass is 11.4. The number of hydrogen-bond donors (Lipinski definition) is 1. The average molecular weight is 150 g/mol. The first-order valence-corrected chi connectivity index (χ1v) is 2.04. The van der Waals surface area contributed by atoms with Crippen molar-refractivity contribution >= 4 is 16.1 Å². The van der Waals surface area contributed by atoms with Crippen LogP contribution in [0.1, 0.15) is 0 Å². The second-order valence-corrected chi connectivity index (χ2v) is 1.39. The van der Waals surface area contributed by atoms with Gasteiger partial charge in [-0.05, 0) is 10.3 Å². The highest BCUT2D eigenvalue weighted by Gasteiger charge is 1.86. The van der Waals surface area contributed by atoms with E-state index in [4.69, 9.17) is 0 Å². The third-order valence-corrected chi connectivity index (χ3v) is 0.693. The first kappa shape index (κ1) is 3.73. The Morgan fingerprint density at radius 1 is 1.83 bits per heavy atom. The van der Waals surface area contributed by atoms with Crippen molar-refractivity contribution in [2.75, 3.05) is 0 Å². The Kier molecular flexibility index (Phi) is 0.831. The van der Waals surface area contributed by atoms with Gasteiger partial charge in [-0.25, -0.2) is 0 Å². The lowest BCUT2D eigenvalue weighted by Crippen LogP contribution is -2.24. The number of aromatic nitrogens is 4. The topological polar surface area (TPSA) is 45.5 Å². The van der Waals surface area contributed by atoms with Crippen LogP contribution in [0.5, 0.6) is 0 Å². The Morgan fingerprint density at radius 3 is 2.83 bits per heavy atom. The fraction of sp³-hybridized carbons (Fsp3) is 0. The van der Waals surface area contributed by atoms with Gasteiger partial charge in [0.05, 0.1) is 5.10 Å². The summed E-state index contributed by atoms with van der Waals surface area (Å²) in [7, 11) is 0. The highest BCUT2D eigenvalue weighted by atomic mass is 79.9. The molecule has 0 bridgehead atoms. The Balaban J connectivity index is 3.05. The minimum atomic E-state index is 1.33. The van der Waals surface area contributed by atoms with E-state index in [-0.39, 0.29) is 0 Å². The number of H-pyrrole nitrogens is 1. The molecule has 1 heterocycles. The number of tetrazole rings is 1. The van der Waals surface area contributed by atoms with Crippen molar-refractivity contribution in [1.82, 2.24) is 15.4 Å². The summed E-state index contributed by atoms with van der Waals surface area (Å²) < 4.78 is 1.33. The number of rotatable bonds is 0. The zero-order chi connectivity index (χ0) is 4.41. The maximum Gasteiger partial charge on any atom is 0.297 e. The summed E-state index contributed by atoms with van der Waals surface area (Å²) in [5.74, 6) is 0. The predicted octanol–water partition coefficient (Wildman–Crippen LogP) is -0.750. The van der Waals surface area contributed by atoms with Crippen molar-refractivity contribution in [3.8, 4) is 0 Å². The Bertz CT molecular complexity index is 111. The van der Waals surface area contributed by atoms with Gasteiger partial charge in [0.1, 0.15) is 0 Å². The molecule has 6 heavy (non-hydrogen) atoms. The summed E-state index contributed by atoms with van der Waals surface area (Å²) in [4.78, 5) is 0. The smallest absolute Gasteiger partial charge is 0.0244 e. The van der Waals surface area contributed by atoms with Gasteiger partial charge in [0.2, 0.25) is 16.1 Å². The lowest BCUT2D eigenvalue weighted by Gasteiger charge is -1.57. The summed E-state index contributed by atoms with van der Waals surface area (Å²) in [6.45, 7) is 0. The third kappa shape index (κ3) is 0.538. The lowest BCUT2D eigenvalue weighted by molar-refractivity contribution is -0.608. The molecule has 0 fully saturated rings. The quantitative estimate of drug-likeness (QED) is 0.528. The molecule has 0 radical (unpaired) electrons. The van der Waals surface area contributed by atoms with E-state index in [2.05, 4.69) is 31.6 Å². The van der Waals surface area contributed by atoms with E-state index in [1.165, 1.54) is 10.1 Å². The highest BCUT2D eigenvalue weighted by molar-refractivity contribution is 9.04. The Labute approximate surface area is 42.5 Å². The number of halogens is 1. The Hall–Kier alpha value is -0.450. The van der Waals surface area contributed by atoms with Crippen molar-refractivity contribution in [2.24, 2.45) is 0 Å². The molecular formula is CH2BrN4+. The molecule has 0 saturated heterocycles. The van der Waals surface area contributed by atoms with E-state index in [0.29, 0.717) is 0 Å². The summed E-state index contributed by atoms with van der Waals surface area (Å²) in [6, 6.07) is 0. The van der Waals surface area contributed by atoms with Gasteiger partial charge in [-0.1, -0.05) is 0 Å². The van der Waals surface area contributed by atoms with E-state index in [1.54, 1.807) is 0 Å². The molecule has 4 nitrogen and oxygen atoms in total. The number of nitrogens with zero attached hydrogens (tertiary/aromatic N) is 3. The van der Waals surface area contributed by atoms with Gasteiger partial charge in [-0.15, -0.1) is 0 Å². The highest BCUT2D eigenvalue weighted by Crippen LogP contribution is 1.56. The minimum absolute atomic E-state index is 1.33. The molecule has 0 aliphatic rings. The van der Waals surface area contributed by atoms with Crippen LogP contribution in [0, 0.1) is 0 Å². The van der Waals surface area contributed by atoms with E-state index in [1.807, 2.05) is 0 Å². The maximum atomic E-state index is 3.58. The SMILES string of the molecule is Br[n+]1ncn[nH]1. The molecular weight excluding hydrogens is 148 g/mol. The van der Waals surface area contributed by atoms with Crippen LogP contribution in [0.4, 0.5) is 0 Å². The van der Waals surface area contributed by atoms with Crippen LogP contribution in [0.2, 0.25) is 0 Å². The van der Waals surface area contributed by atoms with E-state index >= 15 is 0 Å². The van der Waals surface area contributed by atoms with Crippen molar-refractivity contribution in [3.63, 3.8) is 0 Å². The average Bonchev–Trinajstić information content (AvgIpc) is 1.86. The molecule has 0 amide bonds. The standard InChI is InChI=1S/CHBrN4/c2-6-4-1-3-5-6/h1H/p+1. The second-order valence-electron chi connectivity index (χ2n) is 0.720. The normalized spacial score (nSPS) is 8.83. The molecule has 32 valence electrons. The molecule has 0 spiro atoms. The van der Waals surface area contributed by atoms with Crippen molar-refractivity contribution in [3.05, 3.63) is 6.33 Å². The van der Waals surface area contributed by atoms with Gasteiger partial charge in [0, 0.05) is 3.82 Å². The fourth-order valence-electron chi connectivity index (χ4n) is 0.170. The maximum absolute atomic E-state index is 3.58. The van der Waals surface area contributed by atoms with Gasteiger partial charge in [-0.3, -0.25) is 0 Å². The molecule has 1 N–H and O–H groups in total. The summed E-state index contributed by atoms with van der Waals surface area (Å²) in [5, 5.41) is 9.56. The zero-order valence-electron chi connectivity index (χ0n) is 2.80. The Morgan fingerprint density at radius 2 is 2.67 bits per heavy atom. The number of hydrogen-bond acceptors (Lipinski definition) is 2. The molecule has 0 aliphatic carbocycles. The minimum Gasteiger partial charge on any atom is -0.0244 e. The predicted molar refractivity (Wildman–Crippen MR) is 20.9 cm³/mol. The molecule has 0 aliphatic heterocycles. The van der Waals surface area contributed by atoms with Crippen LogP contribution in [0.15, 0.2) is 6.33 Å². The first-order chi connectivity index (χ1) is 2.89. The second kappa shape index (κ2) is 1.34. The van der Waals surface area contributed by atoms with E-state index in [0.717, 1.165) is 0 Å². The zero-order valence-corrected chi connectivity index (χ0v) is 4.38. The fourth-order valence-corrected chi connectivity index (χ4v) is 0.344. The van der Waals surface area contributed by atoms with Crippen molar-refractivity contribution < 1.29 is 3.82 Å². The van der Waals surface area contributed by atoms with Gasteiger partial charge in [-0.2, -0.15) is 0 Å².